The molecule has 0 fully saturated rings. The number of nitrogens with one attached hydrogen (secondary N) is 2. The van der Waals surface area contributed by atoms with Gasteiger partial charge in [-0.1, -0.05) is 12.1 Å². The summed E-state index contributed by atoms with van der Waals surface area (Å²) in [7, 11) is 0. The zero-order valence-electron chi connectivity index (χ0n) is 15.3. The average Bonchev–Trinajstić information content (AvgIpc) is 3.03. The van der Waals surface area contributed by atoms with Gasteiger partial charge in [0.15, 0.2) is 11.8 Å². The maximum Gasteiger partial charge on any atom is 0.191 e. The van der Waals surface area contributed by atoms with Crippen LogP contribution < -0.4 is 10.6 Å². The number of halogens is 2. The van der Waals surface area contributed by atoms with E-state index < -0.39 is 0 Å². The summed E-state index contributed by atoms with van der Waals surface area (Å²) in [5.74, 6) is 2.55. The van der Waals surface area contributed by atoms with E-state index in [-0.39, 0.29) is 29.8 Å². The number of nitrogens with zero attached hydrogens (tertiary/aromatic N) is 4. The molecule has 2 aromatic rings. The van der Waals surface area contributed by atoms with Gasteiger partial charge in [-0.05, 0) is 43.9 Å². The second kappa shape index (κ2) is 9.84. The van der Waals surface area contributed by atoms with Crippen LogP contribution in [0.4, 0.5) is 4.39 Å². The molecule has 142 valence electrons. The molecule has 0 atom stereocenters. The smallest absolute Gasteiger partial charge is 0.191 e. The fourth-order valence-corrected chi connectivity index (χ4v) is 2.98. The van der Waals surface area contributed by atoms with Crippen molar-refractivity contribution in [3.8, 4) is 0 Å². The van der Waals surface area contributed by atoms with Crippen LogP contribution in [0.5, 0.6) is 0 Å². The van der Waals surface area contributed by atoms with E-state index in [9.17, 15) is 4.39 Å². The van der Waals surface area contributed by atoms with Crippen molar-refractivity contribution in [3.05, 3.63) is 46.8 Å². The third-order valence-electron chi connectivity index (χ3n) is 4.34. The van der Waals surface area contributed by atoms with Gasteiger partial charge in [0.05, 0.1) is 13.1 Å². The third-order valence-corrected chi connectivity index (χ3v) is 4.34. The monoisotopic (exact) mass is 472 g/mol. The molecule has 26 heavy (non-hydrogen) atoms. The van der Waals surface area contributed by atoms with Crippen molar-refractivity contribution in [1.29, 1.82) is 0 Å². The number of aryl methyl sites for hydroxylation is 2. The lowest BCUT2D eigenvalue weighted by molar-refractivity contribution is 0.504. The normalized spacial score (nSPS) is 13.7. The Morgan fingerprint density at radius 1 is 1.27 bits per heavy atom. The molecule has 8 heteroatoms. The summed E-state index contributed by atoms with van der Waals surface area (Å²) >= 11 is 0. The molecule has 0 unspecified atom stereocenters. The maximum absolute atomic E-state index is 13.4. The highest BCUT2D eigenvalue weighted by molar-refractivity contribution is 14.0. The molecule has 2 N–H and O–H groups in total. The van der Waals surface area contributed by atoms with Crippen LogP contribution in [0.15, 0.2) is 23.2 Å². The van der Waals surface area contributed by atoms with E-state index in [2.05, 4.69) is 30.4 Å². The molecule has 0 spiro atoms. The summed E-state index contributed by atoms with van der Waals surface area (Å²) in [4.78, 5) is 4.58. The van der Waals surface area contributed by atoms with Crippen LogP contribution in [0.3, 0.4) is 0 Å². The molecule has 3 rings (SSSR count). The molecule has 6 nitrogen and oxygen atoms in total. The Bertz CT molecular complexity index is 758. The summed E-state index contributed by atoms with van der Waals surface area (Å²) < 4.78 is 15.6. The van der Waals surface area contributed by atoms with Crippen molar-refractivity contribution in [2.75, 3.05) is 6.54 Å². The van der Waals surface area contributed by atoms with Crippen molar-refractivity contribution in [1.82, 2.24) is 25.4 Å². The molecule has 2 heterocycles. The molecular formula is C18H26FIN6. The average molecular weight is 472 g/mol. The Hall–Kier alpha value is -1.71. The number of aromatic nitrogens is 3. The van der Waals surface area contributed by atoms with Crippen LogP contribution in [0.1, 0.15) is 42.5 Å². The first-order valence-electron chi connectivity index (χ1n) is 8.85. The topological polar surface area (TPSA) is 67.1 Å². The number of hydrogen-bond donors (Lipinski definition) is 2. The van der Waals surface area contributed by atoms with Crippen molar-refractivity contribution in [2.45, 2.75) is 52.7 Å². The molecule has 0 radical (unpaired) electrons. The molecule has 1 aromatic heterocycles. The molecule has 0 bridgehead atoms. The van der Waals surface area contributed by atoms with Crippen molar-refractivity contribution in [2.24, 2.45) is 4.99 Å². The fraction of sp³-hybridized carbons (Fsp3) is 0.500. The molecule has 1 aromatic carbocycles. The second-order valence-corrected chi connectivity index (χ2v) is 6.27. The van der Waals surface area contributed by atoms with Gasteiger partial charge in [-0.3, -0.25) is 0 Å². The number of benzene rings is 1. The first-order valence-corrected chi connectivity index (χ1v) is 8.85. The summed E-state index contributed by atoms with van der Waals surface area (Å²) in [5, 5.41) is 15.1. The molecular weight excluding hydrogens is 446 g/mol. The molecule has 0 saturated heterocycles. The molecule has 1 aliphatic heterocycles. The highest BCUT2D eigenvalue weighted by atomic mass is 127. The van der Waals surface area contributed by atoms with Gasteiger partial charge in [-0.15, -0.1) is 34.2 Å². The summed E-state index contributed by atoms with van der Waals surface area (Å²) in [6.45, 7) is 6.63. The first kappa shape index (κ1) is 20.6. The number of hydrogen-bond acceptors (Lipinski definition) is 3. The quantitative estimate of drug-likeness (QED) is 0.399. The SMILES string of the molecule is CCNC(=NCc1ccc(F)c(C)c1)NCc1nnc2n1CCCC2.I. The van der Waals surface area contributed by atoms with E-state index >= 15 is 0 Å². The van der Waals surface area contributed by atoms with E-state index in [1.54, 1.807) is 13.0 Å². The highest BCUT2D eigenvalue weighted by Gasteiger charge is 2.15. The van der Waals surface area contributed by atoms with Gasteiger partial charge in [0.25, 0.3) is 0 Å². The van der Waals surface area contributed by atoms with Gasteiger partial charge in [-0.2, -0.15) is 0 Å². The number of aliphatic imine (C=N–C) groups is 1. The van der Waals surface area contributed by atoms with Crippen LogP contribution in [0.25, 0.3) is 0 Å². The van der Waals surface area contributed by atoms with E-state index in [0.29, 0.717) is 18.7 Å². The number of fused-ring (bicyclic) bond motifs is 1. The van der Waals surface area contributed by atoms with Crippen LogP contribution >= 0.6 is 24.0 Å². The lowest BCUT2D eigenvalue weighted by atomic mass is 10.1. The molecule has 0 amide bonds. The second-order valence-electron chi connectivity index (χ2n) is 6.27. The third kappa shape index (κ3) is 5.15. The molecule has 1 aliphatic rings. The lowest BCUT2D eigenvalue weighted by Gasteiger charge is -2.16. The Morgan fingerprint density at radius 3 is 2.88 bits per heavy atom. The van der Waals surface area contributed by atoms with Crippen molar-refractivity contribution in [3.63, 3.8) is 0 Å². The minimum absolute atomic E-state index is 0. The fourth-order valence-electron chi connectivity index (χ4n) is 2.98. The summed E-state index contributed by atoms with van der Waals surface area (Å²) in [6, 6.07) is 5.09. The Balaban J connectivity index is 0.00000243. The maximum atomic E-state index is 13.4. The zero-order chi connectivity index (χ0) is 17.6. The van der Waals surface area contributed by atoms with Gasteiger partial charge in [0.1, 0.15) is 11.6 Å². The predicted octanol–water partition coefficient (Wildman–Crippen LogP) is 2.94. The van der Waals surface area contributed by atoms with Crippen LogP contribution in [-0.4, -0.2) is 27.3 Å². The molecule has 0 aliphatic carbocycles. The summed E-state index contributed by atoms with van der Waals surface area (Å²) in [5.41, 5.74) is 1.62. The van der Waals surface area contributed by atoms with Gasteiger partial charge in [0, 0.05) is 19.5 Å². The standard InChI is InChI=1S/C18H25FN6.HI/c1-3-20-18(21-11-14-7-8-15(19)13(2)10-14)22-12-17-24-23-16-6-4-5-9-25(16)17;/h7-8,10H,3-6,9,11-12H2,1-2H3,(H2,20,21,22);1H. The van der Waals surface area contributed by atoms with Crippen molar-refractivity contribution < 1.29 is 4.39 Å². The summed E-state index contributed by atoms with van der Waals surface area (Å²) in [6.07, 6.45) is 3.37. The minimum atomic E-state index is -0.186. The van der Waals surface area contributed by atoms with Gasteiger partial charge < -0.3 is 15.2 Å². The Morgan fingerprint density at radius 2 is 2.12 bits per heavy atom. The van der Waals surface area contributed by atoms with E-state index in [4.69, 9.17) is 0 Å². The number of rotatable bonds is 5. The lowest BCUT2D eigenvalue weighted by Crippen LogP contribution is -2.37. The van der Waals surface area contributed by atoms with Crippen molar-refractivity contribution >= 4 is 29.9 Å². The first-order chi connectivity index (χ1) is 12.2. The van der Waals surface area contributed by atoms with E-state index in [1.807, 2.05) is 13.0 Å². The van der Waals surface area contributed by atoms with Crippen LogP contribution in [0, 0.1) is 12.7 Å². The highest BCUT2D eigenvalue weighted by Crippen LogP contribution is 2.14. The van der Waals surface area contributed by atoms with E-state index in [1.165, 1.54) is 18.9 Å². The van der Waals surface area contributed by atoms with Gasteiger partial charge in [0.2, 0.25) is 0 Å². The van der Waals surface area contributed by atoms with E-state index in [0.717, 1.165) is 42.7 Å². The number of guanidine groups is 1. The van der Waals surface area contributed by atoms with Gasteiger partial charge in [-0.25, -0.2) is 9.38 Å². The minimum Gasteiger partial charge on any atom is -0.357 e. The van der Waals surface area contributed by atoms with Gasteiger partial charge >= 0.3 is 0 Å². The van der Waals surface area contributed by atoms with Crippen LogP contribution in [0.2, 0.25) is 0 Å². The largest absolute Gasteiger partial charge is 0.357 e. The zero-order valence-corrected chi connectivity index (χ0v) is 17.6. The van der Waals surface area contributed by atoms with Crippen LogP contribution in [-0.2, 0) is 26.1 Å². The molecule has 0 saturated carbocycles. The predicted molar refractivity (Wildman–Crippen MR) is 111 cm³/mol. The Labute approximate surface area is 170 Å². The Kier molecular flexibility index (Phi) is 7.80.